The second-order valence-electron chi connectivity index (χ2n) is 8.57. The predicted molar refractivity (Wildman–Crippen MR) is 99.1 cm³/mol. The van der Waals surface area contributed by atoms with Crippen LogP contribution in [-0.2, 0) is 0 Å². The van der Waals surface area contributed by atoms with Crippen molar-refractivity contribution in [3.8, 4) is 6.07 Å². The van der Waals surface area contributed by atoms with Crippen LogP contribution in [0.25, 0.3) is 0 Å². The Hall–Kier alpha value is -0.510. The average Bonchev–Trinajstić information content (AvgIpc) is 2.60. The van der Waals surface area contributed by atoms with E-state index in [1.807, 2.05) is 0 Å². The molecule has 0 saturated heterocycles. The molecule has 132 valence electrons. The highest BCUT2D eigenvalue weighted by Gasteiger charge is 2.43. The summed E-state index contributed by atoms with van der Waals surface area (Å²) in [6.45, 7) is 4.59. The molecule has 0 aromatic rings. The smallest absolute Gasteiger partial charge is 0.0692 e. The van der Waals surface area contributed by atoms with Gasteiger partial charge in [0.1, 0.15) is 0 Å². The third-order valence-electron chi connectivity index (χ3n) is 7.01. The Bertz CT molecular complexity index is 351. The zero-order valence-corrected chi connectivity index (χ0v) is 15.8. The molecule has 0 radical (unpaired) electrons. The third kappa shape index (κ3) is 5.23. The molecule has 23 heavy (non-hydrogen) atoms. The van der Waals surface area contributed by atoms with Crippen molar-refractivity contribution in [3.63, 3.8) is 0 Å². The molecule has 0 amide bonds. The molecule has 1 heteroatoms. The quantitative estimate of drug-likeness (QED) is 0.432. The van der Waals surface area contributed by atoms with E-state index in [9.17, 15) is 5.26 Å². The van der Waals surface area contributed by atoms with Crippen LogP contribution in [0, 0.1) is 34.5 Å². The zero-order valence-electron chi connectivity index (χ0n) is 15.8. The molecule has 0 aromatic heterocycles. The summed E-state index contributed by atoms with van der Waals surface area (Å²) in [6.07, 6.45) is 20.3. The van der Waals surface area contributed by atoms with Crippen molar-refractivity contribution in [2.45, 2.75) is 110 Å². The van der Waals surface area contributed by atoms with Gasteiger partial charge >= 0.3 is 0 Å². The van der Waals surface area contributed by atoms with Gasteiger partial charge in [-0.3, -0.25) is 0 Å². The fourth-order valence-electron chi connectivity index (χ4n) is 5.36. The van der Waals surface area contributed by atoms with Gasteiger partial charge in [0.05, 0.1) is 11.5 Å². The maximum absolute atomic E-state index is 9.93. The van der Waals surface area contributed by atoms with E-state index in [4.69, 9.17) is 0 Å². The first-order chi connectivity index (χ1) is 11.2. The lowest BCUT2D eigenvalue weighted by atomic mass is 9.59. The summed E-state index contributed by atoms with van der Waals surface area (Å²) in [4.78, 5) is 0. The molecular formula is C22H39N. The van der Waals surface area contributed by atoms with Gasteiger partial charge in [-0.05, 0) is 56.3 Å². The van der Waals surface area contributed by atoms with Crippen LogP contribution in [0.15, 0.2) is 0 Å². The summed E-state index contributed by atoms with van der Waals surface area (Å²) in [5, 5.41) is 9.93. The number of nitrogens with zero attached hydrogens (tertiary/aromatic N) is 1. The van der Waals surface area contributed by atoms with Crippen LogP contribution < -0.4 is 0 Å². The van der Waals surface area contributed by atoms with E-state index in [-0.39, 0.29) is 5.41 Å². The van der Waals surface area contributed by atoms with Crippen molar-refractivity contribution in [1.82, 2.24) is 0 Å². The van der Waals surface area contributed by atoms with E-state index in [0.29, 0.717) is 5.92 Å². The van der Waals surface area contributed by atoms with Crippen molar-refractivity contribution in [2.24, 2.45) is 23.2 Å². The minimum absolute atomic E-state index is 0.0530. The largest absolute Gasteiger partial charge is 0.198 e. The average molecular weight is 318 g/mol. The molecule has 0 N–H and O–H groups in total. The molecule has 0 heterocycles. The Morgan fingerprint density at radius 2 is 1.43 bits per heavy atom. The van der Waals surface area contributed by atoms with Crippen molar-refractivity contribution >= 4 is 0 Å². The second kappa shape index (κ2) is 9.71. The molecule has 0 aliphatic heterocycles. The Morgan fingerprint density at radius 1 is 0.783 bits per heavy atom. The molecule has 0 spiro atoms. The first kappa shape index (κ1) is 18.8. The summed E-state index contributed by atoms with van der Waals surface area (Å²) in [5.74, 6) is 2.59. The third-order valence-corrected chi connectivity index (χ3v) is 7.01. The Balaban J connectivity index is 1.76. The van der Waals surface area contributed by atoms with Crippen LogP contribution in [0.3, 0.4) is 0 Å². The first-order valence-corrected chi connectivity index (χ1v) is 10.6. The predicted octanol–water partition coefficient (Wildman–Crippen LogP) is 7.26. The highest BCUT2D eigenvalue weighted by molar-refractivity contribution is 5.06. The summed E-state index contributed by atoms with van der Waals surface area (Å²) in [5.41, 5.74) is 0.0530. The SMILES string of the molecule is CCCCCCC1CCC(C2(C#N)CCC(CCC)CC2)CC1. The Labute approximate surface area is 145 Å². The van der Waals surface area contributed by atoms with Crippen molar-refractivity contribution in [3.05, 3.63) is 0 Å². The van der Waals surface area contributed by atoms with Gasteiger partial charge in [0.25, 0.3) is 0 Å². The summed E-state index contributed by atoms with van der Waals surface area (Å²) < 4.78 is 0. The molecule has 0 atom stereocenters. The summed E-state index contributed by atoms with van der Waals surface area (Å²) >= 11 is 0. The fraction of sp³-hybridized carbons (Fsp3) is 0.955. The van der Waals surface area contributed by atoms with Gasteiger partial charge in [-0.25, -0.2) is 0 Å². The number of hydrogen-bond donors (Lipinski definition) is 0. The van der Waals surface area contributed by atoms with E-state index in [2.05, 4.69) is 19.9 Å². The van der Waals surface area contributed by atoms with Gasteiger partial charge in [-0.2, -0.15) is 5.26 Å². The number of unbranched alkanes of at least 4 members (excludes halogenated alkanes) is 3. The van der Waals surface area contributed by atoms with E-state index in [0.717, 1.165) is 11.8 Å². The minimum Gasteiger partial charge on any atom is -0.198 e. The van der Waals surface area contributed by atoms with Crippen molar-refractivity contribution < 1.29 is 0 Å². The normalized spacial score (nSPS) is 34.9. The van der Waals surface area contributed by atoms with E-state index < -0.39 is 0 Å². The highest BCUT2D eigenvalue weighted by atomic mass is 14.5. The molecule has 0 bridgehead atoms. The van der Waals surface area contributed by atoms with Crippen LogP contribution in [0.5, 0.6) is 0 Å². The Morgan fingerprint density at radius 3 is 2.00 bits per heavy atom. The molecule has 1 nitrogen and oxygen atoms in total. The van der Waals surface area contributed by atoms with E-state index >= 15 is 0 Å². The maximum Gasteiger partial charge on any atom is 0.0692 e. The molecule has 2 saturated carbocycles. The molecule has 0 unspecified atom stereocenters. The lowest BCUT2D eigenvalue weighted by Crippen LogP contribution is -2.36. The van der Waals surface area contributed by atoms with Crippen LogP contribution in [0.2, 0.25) is 0 Å². The molecule has 2 aliphatic rings. The summed E-state index contributed by atoms with van der Waals surface area (Å²) in [7, 11) is 0. The molecule has 2 rings (SSSR count). The van der Waals surface area contributed by atoms with E-state index in [1.54, 1.807) is 0 Å². The van der Waals surface area contributed by atoms with Crippen LogP contribution >= 0.6 is 0 Å². The molecule has 2 aliphatic carbocycles. The second-order valence-corrected chi connectivity index (χ2v) is 8.57. The van der Waals surface area contributed by atoms with Gasteiger partial charge < -0.3 is 0 Å². The van der Waals surface area contributed by atoms with E-state index in [1.165, 1.54) is 96.3 Å². The molecule has 2 fully saturated rings. The summed E-state index contributed by atoms with van der Waals surface area (Å²) in [6, 6.07) is 2.82. The zero-order chi connectivity index (χ0) is 16.5. The lowest BCUT2D eigenvalue weighted by Gasteiger charge is -2.43. The number of rotatable bonds is 8. The van der Waals surface area contributed by atoms with Crippen LogP contribution in [0.1, 0.15) is 110 Å². The topological polar surface area (TPSA) is 23.8 Å². The van der Waals surface area contributed by atoms with Gasteiger partial charge in [-0.1, -0.05) is 71.6 Å². The van der Waals surface area contributed by atoms with Crippen molar-refractivity contribution in [2.75, 3.05) is 0 Å². The van der Waals surface area contributed by atoms with Crippen molar-refractivity contribution in [1.29, 1.82) is 5.26 Å². The van der Waals surface area contributed by atoms with Crippen LogP contribution in [0.4, 0.5) is 0 Å². The fourth-order valence-corrected chi connectivity index (χ4v) is 5.36. The molecule has 0 aromatic carbocycles. The monoisotopic (exact) mass is 317 g/mol. The maximum atomic E-state index is 9.93. The lowest BCUT2D eigenvalue weighted by molar-refractivity contribution is 0.0846. The number of hydrogen-bond acceptors (Lipinski definition) is 1. The molecular weight excluding hydrogens is 278 g/mol. The highest BCUT2D eigenvalue weighted by Crippen LogP contribution is 2.50. The Kier molecular flexibility index (Phi) is 7.94. The number of nitriles is 1. The van der Waals surface area contributed by atoms with Gasteiger partial charge in [0.15, 0.2) is 0 Å². The van der Waals surface area contributed by atoms with Gasteiger partial charge in [-0.15, -0.1) is 0 Å². The first-order valence-electron chi connectivity index (χ1n) is 10.6. The van der Waals surface area contributed by atoms with Gasteiger partial charge in [0.2, 0.25) is 0 Å². The van der Waals surface area contributed by atoms with Crippen LogP contribution in [-0.4, -0.2) is 0 Å². The standard InChI is InChI=1S/C22H39N/c1-3-5-6-7-9-20-10-12-21(13-11-20)22(18-23)16-14-19(8-4-2)15-17-22/h19-21H,3-17H2,1-2H3. The minimum atomic E-state index is 0.0530. The van der Waals surface area contributed by atoms with Gasteiger partial charge in [0, 0.05) is 0 Å².